The Kier molecular flexibility index (Phi) is 24.1. The van der Waals surface area contributed by atoms with Gasteiger partial charge in [-0.05, 0) is 204 Å². The minimum absolute atomic E-state index is 0.0328. The van der Waals surface area contributed by atoms with Crippen molar-refractivity contribution in [3.8, 4) is 45.0 Å². The van der Waals surface area contributed by atoms with Crippen molar-refractivity contribution in [2.24, 2.45) is 29.4 Å². The summed E-state index contributed by atoms with van der Waals surface area (Å²) in [5, 5.41) is 25.1. The Morgan fingerprint density at radius 3 is 1.04 bits per heavy atom. The van der Waals surface area contributed by atoms with Gasteiger partial charge in [-0.25, -0.2) is 54.8 Å². The van der Waals surface area contributed by atoms with Crippen molar-refractivity contribution in [2.45, 2.75) is 103 Å². The highest BCUT2D eigenvalue weighted by atomic mass is 32.2. The van der Waals surface area contributed by atoms with Gasteiger partial charge < -0.3 is 21.3 Å². The Morgan fingerprint density at radius 2 is 0.735 bits per heavy atom. The zero-order valence-corrected chi connectivity index (χ0v) is 65.8. The van der Waals surface area contributed by atoms with E-state index < -0.39 is 20.0 Å². The van der Waals surface area contributed by atoms with Crippen molar-refractivity contribution in [3.63, 3.8) is 0 Å². The summed E-state index contributed by atoms with van der Waals surface area (Å²) in [6, 6.07) is 62.9. The first-order valence-electron chi connectivity index (χ1n) is 38.8. The second kappa shape index (κ2) is 34.9. The standard InChI is InChI=1S/C24H31N5.C24H22N4O2S.C20H21N5O.C20H22N4O2S/c1-4-28(5-2)16-15-25-21-13-11-20(12-14-21)22-7-6-8-24-26-23(27-29(22)24)17-18(3)19-9-10-19;1-17(18-10-11-18)16-23-25-24-9-5-8-22(28(24)26-23)19-12-14-20(15-13-19)27-31(29,30)21-6-3-2-4-7-21;1-13(14-5-6-14)11-18-23-19-4-2-3-17(25(19)24-18)15-7-9-16(10-8-15)22-20(26)12-21;1-3-27(25,26)23-17-11-9-16(10-12-17)18-5-4-6-20-21-19(22-24(18)20)13-14(2)15-7-8-15/h6-8,11-14,19,25H,3-5,9-10,15-17H2,1-2H3;2-9,12-15,18,27H,1,10-11,16H2;2-4,7-10,14H,1,5-6,11-12,21H2,(H,22,26);4-6,9-12,15,23H,2-3,7-8,13H2,1H3. The van der Waals surface area contributed by atoms with E-state index in [1.54, 1.807) is 61.5 Å². The van der Waals surface area contributed by atoms with Crippen LogP contribution in [-0.2, 0) is 50.5 Å². The van der Waals surface area contributed by atoms with Crippen LogP contribution in [-0.4, -0.2) is 125 Å². The van der Waals surface area contributed by atoms with E-state index in [1.165, 1.54) is 73.7 Å². The molecule has 580 valence electrons. The fourth-order valence-electron chi connectivity index (χ4n) is 13.4. The van der Waals surface area contributed by atoms with Crippen molar-refractivity contribution >= 4 is 71.3 Å². The molecule has 8 heterocycles. The molecule has 0 unspecified atom stereocenters. The van der Waals surface area contributed by atoms with Gasteiger partial charge in [0, 0.05) is 83.8 Å². The number of sulfonamides is 2. The minimum atomic E-state index is -3.62. The number of fused-ring (bicyclic) bond motifs is 4. The van der Waals surface area contributed by atoms with Gasteiger partial charge in [-0.15, -0.1) is 0 Å². The topological polar surface area (TPSA) is 283 Å². The number of rotatable bonds is 30. The fraction of sp³-hybridized carbons (Fsp3) is 0.284. The van der Waals surface area contributed by atoms with Gasteiger partial charge in [-0.1, -0.05) is 153 Å². The summed E-state index contributed by atoms with van der Waals surface area (Å²) in [6.45, 7) is 26.9. The van der Waals surface area contributed by atoms with E-state index >= 15 is 0 Å². The van der Waals surface area contributed by atoms with Crippen LogP contribution in [0.2, 0.25) is 0 Å². The minimum Gasteiger partial charge on any atom is -0.384 e. The van der Waals surface area contributed by atoms with Crippen LogP contribution < -0.4 is 25.8 Å². The number of carbonyl (C=O) groups is 1. The molecule has 8 aromatic heterocycles. The van der Waals surface area contributed by atoms with Crippen LogP contribution in [0.15, 0.2) is 254 Å². The molecule has 0 radical (unpaired) electrons. The zero-order chi connectivity index (χ0) is 78.8. The monoisotopic (exact) mass is 1550 g/mol. The van der Waals surface area contributed by atoms with Crippen LogP contribution in [0, 0.1) is 23.7 Å². The Labute approximate surface area is 660 Å². The number of nitrogens with two attached hydrogens (primary N) is 1. The first-order chi connectivity index (χ1) is 54.8. The summed E-state index contributed by atoms with van der Waals surface area (Å²) in [6.07, 6.45) is 12.8. The Balaban J connectivity index is 0.000000125. The maximum atomic E-state index is 12.5. The molecule has 25 heteroatoms. The van der Waals surface area contributed by atoms with E-state index in [0.29, 0.717) is 47.9 Å². The van der Waals surface area contributed by atoms with E-state index in [4.69, 9.17) is 20.9 Å². The van der Waals surface area contributed by atoms with Gasteiger partial charge in [-0.2, -0.15) is 20.4 Å². The number of aromatic nitrogens is 12. The van der Waals surface area contributed by atoms with Crippen molar-refractivity contribution in [1.29, 1.82) is 0 Å². The molecule has 0 spiro atoms. The molecule has 4 fully saturated rings. The molecule has 0 saturated heterocycles. The van der Waals surface area contributed by atoms with Crippen LogP contribution >= 0.6 is 0 Å². The number of hydrogen-bond acceptors (Lipinski definition) is 16. The molecule has 4 aliphatic rings. The molecule has 113 heavy (non-hydrogen) atoms. The summed E-state index contributed by atoms with van der Waals surface area (Å²) >= 11 is 0. The summed E-state index contributed by atoms with van der Waals surface area (Å²) in [7, 11) is -6.90. The fourth-order valence-corrected chi connectivity index (χ4v) is 15.1. The summed E-state index contributed by atoms with van der Waals surface area (Å²) in [5.41, 5.74) is 24.3. The van der Waals surface area contributed by atoms with Crippen molar-refractivity contribution in [1.82, 2.24) is 63.3 Å². The molecular formula is C88H96N18O5S2. The molecule has 1 amide bonds. The zero-order valence-electron chi connectivity index (χ0n) is 64.2. The van der Waals surface area contributed by atoms with Crippen molar-refractivity contribution in [2.75, 3.05) is 58.6 Å². The Morgan fingerprint density at radius 1 is 0.416 bits per heavy atom. The number of nitrogens with zero attached hydrogens (tertiary/aromatic N) is 13. The summed E-state index contributed by atoms with van der Waals surface area (Å²) in [4.78, 5) is 32.7. The first-order valence-corrected chi connectivity index (χ1v) is 42.0. The van der Waals surface area contributed by atoms with Gasteiger partial charge in [0.2, 0.25) is 15.9 Å². The average Bonchev–Trinajstić information content (AvgIpc) is 1.68. The molecule has 0 bridgehead atoms. The summed E-state index contributed by atoms with van der Waals surface area (Å²) in [5.74, 6) is 5.65. The van der Waals surface area contributed by atoms with Gasteiger partial charge in [0.1, 0.15) is 0 Å². The van der Waals surface area contributed by atoms with E-state index in [1.807, 2.05) is 127 Å². The second-order valence-electron chi connectivity index (χ2n) is 29.2. The van der Waals surface area contributed by atoms with Crippen molar-refractivity contribution in [3.05, 3.63) is 272 Å². The highest BCUT2D eigenvalue weighted by Crippen LogP contribution is 2.40. The lowest BCUT2D eigenvalue weighted by atomic mass is 10.1. The van der Waals surface area contributed by atoms with E-state index in [-0.39, 0.29) is 23.1 Å². The van der Waals surface area contributed by atoms with Gasteiger partial charge in [0.15, 0.2) is 45.9 Å². The van der Waals surface area contributed by atoms with Gasteiger partial charge >= 0.3 is 0 Å². The maximum absolute atomic E-state index is 12.5. The van der Waals surface area contributed by atoms with Gasteiger partial charge in [0.05, 0.1) is 40.0 Å². The number of amides is 1. The lowest BCUT2D eigenvalue weighted by molar-refractivity contribution is -0.114. The van der Waals surface area contributed by atoms with Crippen LogP contribution in [0.5, 0.6) is 0 Å². The number of benzene rings is 5. The number of anilines is 4. The number of nitrogens with one attached hydrogen (secondary N) is 4. The largest absolute Gasteiger partial charge is 0.384 e. The van der Waals surface area contributed by atoms with Gasteiger partial charge in [-0.3, -0.25) is 14.2 Å². The van der Waals surface area contributed by atoms with Crippen molar-refractivity contribution < 1.29 is 21.6 Å². The first kappa shape index (κ1) is 77.9. The molecule has 0 atom stereocenters. The SMILES string of the molecule is C=C(Cc1nc2cccc(-c3ccc(NC(=O)CN)cc3)n2n1)C1CC1.C=C(Cc1nc2cccc(-c3ccc(NCCN(CC)CC)cc3)n2n1)C1CC1.C=C(Cc1nc2cccc(-c3ccc(NS(=O)(=O)CC)cc3)n2n1)C1CC1.C=C(Cc1nc2cccc(-c3ccc(NS(=O)(=O)c4ccccc4)cc3)n2n1)C1CC1. The number of allylic oxidation sites excluding steroid dienone is 4. The van der Waals surface area contributed by atoms with Crippen LogP contribution in [0.3, 0.4) is 0 Å². The Bertz CT molecular complexity index is 5820. The number of hydrogen-bond donors (Lipinski definition) is 5. The number of pyridine rings is 4. The third-order valence-corrected chi connectivity index (χ3v) is 23.3. The predicted molar refractivity (Wildman–Crippen MR) is 450 cm³/mol. The number of carbonyl (C=O) groups excluding carboxylic acids is 1. The third-order valence-electron chi connectivity index (χ3n) is 20.6. The molecule has 4 aliphatic carbocycles. The highest BCUT2D eigenvalue weighted by Gasteiger charge is 2.29. The third kappa shape index (κ3) is 20.1. The van der Waals surface area contributed by atoms with E-state index in [0.717, 1.165) is 141 Å². The van der Waals surface area contributed by atoms with E-state index in [2.05, 4.69) is 127 Å². The molecule has 17 rings (SSSR count). The normalized spacial score (nSPS) is 14.0. The highest BCUT2D eigenvalue weighted by molar-refractivity contribution is 7.93. The molecule has 23 nitrogen and oxygen atoms in total. The quantitative estimate of drug-likeness (QED) is 0.0262. The number of likely N-dealkylation sites (N-methyl/N-ethyl adjacent to an activating group) is 1. The summed E-state index contributed by atoms with van der Waals surface area (Å²) < 4.78 is 61.1. The Hall–Kier alpha value is -11.8. The van der Waals surface area contributed by atoms with Gasteiger partial charge in [0.25, 0.3) is 10.0 Å². The predicted octanol–water partition coefficient (Wildman–Crippen LogP) is 15.8. The van der Waals surface area contributed by atoms with Crippen LogP contribution in [0.1, 0.15) is 95.4 Å². The smallest absolute Gasteiger partial charge is 0.261 e. The molecule has 13 aromatic rings. The second-order valence-corrected chi connectivity index (χ2v) is 32.9. The molecule has 4 saturated carbocycles. The molecular weight excluding hydrogens is 1450 g/mol. The average molecular weight is 1550 g/mol. The lowest BCUT2D eigenvalue weighted by Crippen LogP contribution is -2.28. The molecule has 6 N–H and O–H groups in total. The molecule has 5 aromatic carbocycles. The maximum Gasteiger partial charge on any atom is 0.261 e. The van der Waals surface area contributed by atoms with Crippen LogP contribution in [0.25, 0.3) is 67.6 Å². The van der Waals surface area contributed by atoms with E-state index in [9.17, 15) is 21.6 Å². The van der Waals surface area contributed by atoms with Crippen LogP contribution in [0.4, 0.5) is 22.7 Å². The molecule has 0 aliphatic heterocycles. The lowest BCUT2D eigenvalue weighted by Gasteiger charge is -2.18.